The van der Waals surface area contributed by atoms with Crippen LogP contribution < -0.4 is 5.76 Å². The molecule has 2 aliphatic heterocycles. The van der Waals surface area contributed by atoms with Crippen LogP contribution in [0, 0.1) is 11.8 Å². The number of hydrogen-bond donors (Lipinski definition) is 0. The zero-order valence-corrected chi connectivity index (χ0v) is 19.2. The van der Waals surface area contributed by atoms with Crippen LogP contribution in [0.3, 0.4) is 0 Å². The fraction of sp³-hybridized carbons (Fsp3) is 0.652. The number of piperidine rings is 1. The molecule has 0 unspecified atom stereocenters. The quantitative estimate of drug-likeness (QED) is 0.683. The summed E-state index contributed by atoms with van der Waals surface area (Å²) in [6.45, 7) is 2.91. The van der Waals surface area contributed by atoms with Crippen molar-refractivity contribution in [2.75, 3.05) is 26.2 Å². The van der Waals surface area contributed by atoms with Crippen molar-refractivity contribution in [1.29, 1.82) is 0 Å². The second kappa shape index (κ2) is 8.67. The minimum Gasteiger partial charge on any atom is -0.408 e. The van der Waals surface area contributed by atoms with Crippen LogP contribution in [0.5, 0.6) is 0 Å². The van der Waals surface area contributed by atoms with Gasteiger partial charge in [0.05, 0.1) is 10.4 Å². The summed E-state index contributed by atoms with van der Waals surface area (Å²) >= 11 is 0. The first-order valence-electron chi connectivity index (χ1n) is 11.8. The molecule has 3 aliphatic rings. The largest absolute Gasteiger partial charge is 0.419 e. The number of carbonyl (C=O) groups excluding carboxylic acids is 1. The molecule has 5 rings (SSSR count). The van der Waals surface area contributed by atoms with Crippen molar-refractivity contribution in [2.45, 2.75) is 62.8 Å². The number of carbonyl (C=O) groups is 1. The Morgan fingerprint density at radius 3 is 2.53 bits per heavy atom. The van der Waals surface area contributed by atoms with Gasteiger partial charge in [0.25, 0.3) is 0 Å². The van der Waals surface area contributed by atoms with E-state index in [0.29, 0.717) is 24.5 Å². The van der Waals surface area contributed by atoms with E-state index in [0.717, 1.165) is 38.3 Å². The van der Waals surface area contributed by atoms with Crippen molar-refractivity contribution in [3.05, 3.63) is 28.7 Å². The Kier molecular flexibility index (Phi) is 5.88. The normalized spacial score (nSPS) is 24.7. The van der Waals surface area contributed by atoms with Gasteiger partial charge < -0.3 is 9.32 Å². The lowest BCUT2D eigenvalue weighted by Gasteiger charge is -2.41. The second-order valence-electron chi connectivity index (χ2n) is 9.44. The lowest BCUT2D eigenvalue weighted by atomic mass is 9.75. The molecule has 1 amide bonds. The highest BCUT2D eigenvalue weighted by molar-refractivity contribution is 7.89. The second-order valence-corrected chi connectivity index (χ2v) is 11.4. The number of hydrogen-bond acceptors (Lipinski definition) is 5. The summed E-state index contributed by atoms with van der Waals surface area (Å²) in [6.07, 6.45) is 8.11. The lowest BCUT2D eigenvalue weighted by molar-refractivity contribution is -0.134. The van der Waals surface area contributed by atoms with Crippen LogP contribution in [0.25, 0.3) is 11.1 Å². The highest BCUT2D eigenvalue weighted by atomic mass is 32.2. The Morgan fingerprint density at radius 2 is 1.75 bits per heavy atom. The molecule has 0 bridgehead atoms. The van der Waals surface area contributed by atoms with Crippen molar-refractivity contribution in [2.24, 2.45) is 11.8 Å². The van der Waals surface area contributed by atoms with Gasteiger partial charge in [0.15, 0.2) is 5.58 Å². The van der Waals surface area contributed by atoms with Gasteiger partial charge in [-0.15, -0.1) is 0 Å². The number of nitrogens with zero attached hydrogens (tertiary/aromatic N) is 3. The summed E-state index contributed by atoms with van der Waals surface area (Å²) in [7, 11) is -3.58. The summed E-state index contributed by atoms with van der Waals surface area (Å²) in [5, 5.41) is 0. The van der Waals surface area contributed by atoms with E-state index >= 15 is 0 Å². The number of aryl methyl sites for hydroxylation is 1. The number of rotatable bonds is 5. The summed E-state index contributed by atoms with van der Waals surface area (Å²) in [6, 6.07) is 4.56. The van der Waals surface area contributed by atoms with E-state index in [-0.39, 0.29) is 29.4 Å². The van der Waals surface area contributed by atoms with E-state index in [9.17, 15) is 18.0 Å². The minimum absolute atomic E-state index is 0.0727. The maximum Gasteiger partial charge on any atom is 0.419 e. The smallest absolute Gasteiger partial charge is 0.408 e. The third-order valence-corrected chi connectivity index (χ3v) is 9.43. The van der Waals surface area contributed by atoms with E-state index in [1.165, 1.54) is 46.7 Å². The highest BCUT2D eigenvalue weighted by Crippen LogP contribution is 2.36. The van der Waals surface area contributed by atoms with Crippen LogP contribution in [-0.2, 0) is 21.4 Å². The molecule has 1 saturated carbocycles. The van der Waals surface area contributed by atoms with Gasteiger partial charge in [-0.2, -0.15) is 4.31 Å². The Labute approximate surface area is 188 Å². The van der Waals surface area contributed by atoms with Crippen LogP contribution in [0.4, 0.5) is 0 Å². The topological polar surface area (TPSA) is 92.8 Å². The minimum atomic E-state index is -3.58. The van der Waals surface area contributed by atoms with E-state index in [2.05, 4.69) is 0 Å². The van der Waals surface area contributed by atoms with Crippen LogP contribution >= 0.6 is 0 Å². The molecule has 1 aromatic carbocycles. The molecule has 2 aromatic rings. The highest BCUT2D eigenvalue weighted by Gasteiger charge is 2.33. The van der Waals surface area contributed by atoms with Crippen molar-refractivity contribution in [1.82, 2.24) is 13.8 Å². The molecule has 2 atom stereocenters. The Hall–Kier alpha value is -2.13. The third kappa shape index (κ3) is 4.01. The first-order chi connectivity index (χ1) is 15.4. The van der Waals surface area contributed by atoms with E-state index < -0.39 is 15.8 Å². The maximum atomic E-state index is 12.8. The summed E-state index contributed by atoms with van der Waals surface area (Å²) in [5.74, 6) is 0.896. The van der Waals surface area contributed by atoms with E-state index in [1.807, 2.05) is 4.90 Å². The summed E-state index contributed by atoms with van der Waals surface area (Å²) in [5.41, 5.74) is 0.764. The zero-order valence-electron chi connectivity index (χ0n) is 18.4. The Morgan fingerprint density at radius 1 is 1.00 bits per heavy atom. The van der Waals surface area contributed by atoms with Crippen molar-refractivity contribution < 1.29 is 17.6 Å². The standard InChI is InChI=1S/C23H31N3O5S/c27-22(24-13-9-17-5-1-2-6-18(17)16-24)10-14-26-20-8-7-19(15-21(20)31-23(26)28)32(29,30)25-11-3-4-12-25/h7-8,15,17-18H,1-6,9-14,16H2/t17-,18-/m1/s1. The zero-order chi connectivity index (χ0) is 22.3. The van der Waals surface area contributed by atoms with Gasteiger partial charge in [-0.3, -0.25) is 9.36 Å². The van der Waals surface area contributed by atoms with Gasteiger partial charge >= 0.3 is 5.76 Å². The number of fused-ring (bicyclic) bond motifs is 2. The van der Waals surface area contributed by atoms with Crippen LogP contribution in [-0.4, -0.2) is 54.3 Å². The number of aromatic nitrogens is 1. The number of oxazole rings is 1. The predicted molar refractivity (Wildman–Crippen MR) is 120 cm³/mol. The van der Waals surface area contributed by atoms with Gasteiger partial charge in [0.2, 0.25) is 15.9 Å². The summed E-state index contributed by atoms with van der Waals surface area (Å²) in [4.78, 5) is 27.4. The number of sulfonamides is 1. The molecule has 3 heterocycles. The first-order valence-corrected chi connectivity index (χ1v) is 13.3. The van der Waals surface area contributed by atoms with Crippen molar-refractivity contribution >= 4 is 27.0 Å². The van der Waals surface area contributed by atoms with Crippen molar-refractivity contribution in [3.63, 3.8) is 0 Å². The number of likely N-dealkylation sites (tertiary alicyclic amines) is 1. The number of amides is 1. The molecule has 1 aliphatic carbocycles. The number of benzene rings is 1. The summed E-state index contributed by atoms with van der Waals surface area (Å²) < 4.78 is 33.9. The molecule has 0 N–H and O–H groups in total. The van der Waals surface area contributed by atoms with Crippen LogP contribution in [0.1, 0.15) is 51.4 Å². The molecule has 2 saturated heterocycles. The molecule has 0 spiro atoms. The molecule has 8 nitrogen and oxygen atoms in total. The lowest BCUT2D eigenvalue weighted by Crippen LogP contribution is -2.45. The van der Waals surface area contributed by atoms with Gasteiger partial charge in [-0.1, -0.05) is 19.3 Å². The van der Waals surface area contributed by atoms with Gasteiger partial charge in [0, 0.05) is 45.2 Å². The van der Waals surface area contributed by atoms with Crippen LogP contribution in [0.15, 0.2) is 32.3 Å². The average Bonchev–Trinajstić information content (AvgIpc) is 3.45. The fourth-order valence-electron chi connectivity index (χ4n) is 5.69. The predicted octanol–water partition coefficient (Wildman–Crippen LogP) is 2.81. The molecule has 174 valence electrons. The molecule has 0 radical (unpaired) electrons. The van der Waals surface area contributed by atoms with Gasteiger partial charge in [0.1, 0.15) is 0 Å². The monoisotopic (exact) mass is 461 g/mol. The van der Waals surface area contributed by atoms with Gasteiger partial charge in [-0.05, 0) is 49.7 Å². The van der Waals surface area contributed by atoms with E-state index in [1.54, 1.807) is 6.07 Å². The Balaban J connectivity index is 1.29. The van der Waals surface area contributed by atoms with Crippen molar-refractivity contribution in [3.8, 4) is 0 Å². The average molecular weight is 462 g/mol. The van der Waals surface area contributed by atoms with Crippen LogP contribution in [0.2, 0.25) is 0 Å². The first kappa shape index (κ1) is 21.7. The third-order valence-electron chi connectivity index (χ3n) is 7.54. The van der Waals surface area contributed by atoms with Gasteiger partial charge in [-0.25, -0.2) is 13.2 Å². The molecule has 3 fully saturated rings. The Bertz CT molecular complexity index is 1160. The van der Waals surface area contributed by atoms with E-state index in [4.69, 9.17) is 4.42 Å². The molecular weight excluding hydrogens is 430 g/mol. The molecular formula is C23H31N3O5S. The molecule has 32 heavy (non-hydrogen) atoms. The maximum absolute atomic E-state index is 12.8. The molecule has 9 heteroatoms. The SMILES string of the molecule is O=C(CCn1c(=O)oc2cc(S(=O)(=O)N3CCCC3)ccc21)N1CC[C@H]2CCCC[C@@H]2C1. The molecule has 1 aromatic heterocycles. The fourth-order valence-corrected chi connectivity index (χ4v) is 7.22.